The molecule has 0 aromatic heterocycles. The second kappa shape index (κ2) is 4.83. The van der Waals surface area contributed by atoms with E-state index in [0.29, 0.717) is 15.7 Å². The van der Waals surface area contributed by atoms with Crippen LogP contribution in [0, 0.1) is 0 Å². The molecule has 0 saturated carbocycles. The zero-order valence-corrected chi connectivity index (χ0v) is 8.38. The van der Waals surface area contributed by atoms with Crippen molar-refractivity contribution in [1.29, 1.82) is 0 Å². The first-order valence-corrected chi connectivity index (χ1v) is 4.32. The highest BCUT2D eigenvalue weighted by molar-refractivity contribution is 6.36. The third-order valence-corrected chi connectivity index (χ3v) is 1.84. The molecule has 1 rings (SSSR count). The van der Waals surface area contributed by atoms with Crippen LogP contribution in [0.4, 0.5) is 5.69 Å². The number of hydrazone groups is 1. The molecule has 2 N–H and O–H groups in total. The van der Waals surface area contributed by atoms with Crippen molar-refractivity contribution >= 4 is 41.1 Å². The third kappa shape index (κ3) is 3.24. The van der Waals surface area contributed by atoms with E-state index in [2.05, 4.69) is 10.5 Å². The lowest BCUT2D eigenvalue weighted by atomic mass is 10.3. The summed E-state index contributed by atoms with van der Waals surface area (Å²) in [6.07, 6.45) is 0.727. The van der Waals surface area contributed by atoms with Gasteiger partial charge >= 0.3 is 5.97 Å². The number of hydrogen-bond donors (Lipinski definition) is 2. The van der Waals surface area contributed by atoms with Crippen LogP contribution in [0.3, 0.4) is 0 Å². The van der Waals surface area contributed by atoms with Crippen molar-refractivity contribution in [2.75, 3.05) is 5.43 Å². The van der Waals surface area contributed by atoms with E-state index in [1.54, 1.807) is 12.1 Å². The Morgan fingerprint density at radius 3 is 2.79 bits per heavy atom. The van der Waals surface area contributed by atoms with Crippen LogP contribution in [0.15, 0.2) is 23.3 Å². The number of hydrogen-bond acceptors (Lipinski definition) is 3. The Bertz CT molecular complexity index is 380. The maximum Gasteiger partial charge on any atom is 0.348 e. The number of anilines is 1. The van der Waals surface area contributed by atoms with Gasteiger partial charge in [-0.05, 0) is 18.2 Å². The lowest BCUT2D eigenvalue weighted by Crippen LogP contribution is -1.98. The van der Waals surface area contributed by atoms with Crippen molar-refractivity contribution in [3.63, 3.8) is 0 Å². The number of halogens is 2. The van der Waals surface area contributed by atoms with Crippen LogP contribution in [0.1, 0.15) is 0 Å². The Hall–Kier alpha value is -1.26. The molecule has 74 valence electrons. The van der Waals surface area contributed by atoms with Crippen molar-refractivity contribution in [3.8, 4) is 0 Å². The normalized spacial score (nSPS) is 10.4. The molecule has 6 heteroatoms. The summed E-state index contributed by atoms with van der Waals surface area (Å²) < 4.78 is 0. The first-order chi connectivity index (χ1) is 6.59. The van der Waals surface area contributed by atoms with Crippen LogP contribution in [0.5, 0.6) is 0 Å². The average molecular weight is 233 g/mol. The molecule has 0 aliphatic rings. The van der Waals surface area contributed by atoms with Crippen molar-refractivity contribution in [1.82, 2.24) is 0 Å². The molecule has 1 aromatic rings. The minimum atomic E-state index is -1.14. The Morgan fingerprint density at radius 2 is 2.21 bits per heavy atom. The van der Waals surface area contributed by atoms with Crippen LogP contribution < -0.4 is 5.43 Å². The minimum absolute atomic E-state index is 0.375. The minimum Gasteiger partial charge on any atom is -0.477 e. The fraction of sp³-hybridized carbons (Fsp3) is 0. The zero-order valence-electron chi connectivity index (χ0n) is 6.87. The fourth-order valence-electron chi connectivity index (χ4n) is 0.737. The van der Waals surface area contributed by atoms with E-state index in [4.69, 9.17) is 28.3 Å². The Morgan fingerprint density at radius 1 is 1.50 bits per heavy atom. The van der Waals surface area contributed by atoms with Gasteiger partial charge in [0.25, 0.3) is 0 Å². The molecule has 0 aliphatic carbocycles. The van der Waals surface area contributed by atoms with E-state index in [9.17, 15) is 4.79 Å². The highest BCUT2D eigenvalue weighted by Crippen LogP contribution is 2.24. The molecular formula is C8H6Cl2N2O2. The van der Waals surface area contributed by atoms with E-state index in [0.717, 1.165) is 6.21 Å². The summed E-state index contributed by atoms with van der Waals surface area (Å²) >= 11 is 11.4. The molecule has 14 heavy (non-hydrogen) atoms. The molecule has 0 unspecified atom stereocenters. The number of carbonyl (C=O) groups is 1. The molecule has 0 aliphatic heterocycles. The average Bonchev–Trinajstić information content (AvgIpc) is 2.08. The van der Waals surface area contributed by atoms with Crippen LogP contribution in [0.25, 0.3) is 0 Å². The molecule has 0 amide bonds. The first kappa shape index (κ1) is 10.8. The van der Waals surface area contributed by atoms with Crippen LogP contribution in [0.2, 0.25) is 10.0 Å². The Balaban J connectivity index is 2.73. The number of carboxylic acids is 1. The quantitative estimate of drug-likeness (QED) is 0.622. The highest BCUT2D eigenvalue weighted by atomic mass is 35.5. The highest BCUT2D eigenvalue weighted by Gasteiger charge is 1.98. The van der Waals surface area contributed by atoms with Gasteiger partial charge in [0.05, 0.1) is 10.7 Å². The molecule has 0 bridgehead atoms. The van der Waals surface area contributed by atoms with Gasteiger partial charge in [-0.25, -0.2) is 4.79 Å². The predicted molar refractivity (Wildman–Crippen MR) is 56.2 cm³/mol. The second-order valence-electron chi connectivity index (χ2n) is 2.33. The second-order valence-corrected chi connectivity index (χ2v) is 3.18. The first-order valence-electron chi connectivity index (χ1n) is 3.56. The molecule has 4 nitrogen and oxygen atoms in total. The number of nitrogens with zero attached hydrogens (tertiary/aromatic N) is 1. The van der Waals surface area contributed by atoms with Gasteiger partial charge in [-0.2, -0.15) is 5.10 Å². The predicted octanol–water partition coefficient (Wildman–Crippen LogP) is 2.48. The molecule has 0 saturated heterocycles. The summed E-state index contributed by atoms with van der Waals surface area (Å²) in [6, 6.07) is 4.75. The van der Waals surface area contributed by atoms with E-state index in [1.807, 2.05) is 0 Å². The van der Waals surface area contributed by atoms with Crippen molar-refractivity contribution in [2.24, 2.45) is 5.10 Å². The van der Waals surface area contributed by atoms with Gasteiger partial charge in [0.1, 0.15) is 6.21 Å². The molecule has 0 atom stereocenters. The largest absolute Gasteiger partial charge is 0.477 e. The number of nitrogens with one attached hydrogen (secondary N) is 1. The van der Waals surface area contributed by atoms with Crippen LogP contribution in [-0.4, -0.2) is 17.3 Å². The van der Waals surface area contributed by atoms with Gasteiger partial charge in [0, 0.05) is 5.02 Å². The molecular weight excluding hydrogens is 227 g/mol. The fourth-order valence-corrected chi connectivity index (χ4v) is 1.19. The SMILES string of the molecule is O=C(O)C=NNc1ccc(Cl)cc1Cl. The van der Waals surface area contributed by atoms with Crippen molar-refractivity contribution in [2.45, 2.75) is 0 Å². The van der Waals surface area contributed by atoms with E-state index < -0.39 is 5.97 Å². The summed E-state index contributed by atoms with van der Waals surface area (Å²) in [6.45, 7) is 0. The number of rotatable bonds is 3. The van der Waals surface area contributed by atoms with Crippen LogP contribution >= 0.6 is 23.2 Å². The molecule has 0 spiro atoms. The lowest BCUT2D eigenvalue weighted by Gasteiger charge is -2.02. The van der Waals surface area contributed by atoms with Gasteiger partial charge < -0.3 is 5.11 Å². The molecule has 0 radical (unpaired) electrons. The third-order valence-electron chi connectivity index (χ3n) is 1.29. The van der Waals surface area contributed by atoms with Crippen LogP contribution in [-0.2, 0) is 4.79 Å². The maximum absolute atomic E-state index is 10.1. The van der Waals surface area contributed by atoms with Gasteiger partial charge in [0.15, 0.2) is 0 Å². The maximum atomic E-state index is 10.1. The van der Waals surface area contributed by atoms with E-state index in [-0.39, 0.29) is 0 Å². The van der Waals surface area contributed by atoms with Gasteiger partial charge in [0.2, 0.25) is 0 Å². The summed E-state index contributed by atoms with van der Waals surface area (Å²) in [5.41, 5.74) is 2.96. The van der Waals surface area contributed by atoms with Gasteiger partial charge in [-0.15, -0.1) is 0 Å². The molecule has 0 fully saturated rings. The number of benzene rings is 1. The zero-order chi connectivity index (χ0) is 10.6. The van der Waals surface area contributed by atoms with E-state index >= 15 is 0 Å². The molecule has 0 heterocycles. The van der Waals surface area contributed by atoms with Gasteiger partial charge in [-0.3, -0.25) is 5.43 Å². The summed E-state index contributed by atoms with van der Waals surface area (Å²) in [7, 11) is 0. The van der Waals surface area contributed by atoms with Crippen molar-refractivity contribution in [3.05, 3.63) is 28.2 Å². The summed E-state index contributed by atoms with van der Waals surface area (Å²) in [4.78, 5) is 10.1. The van der Waals surface area contributed by atoms with E-state index in [1.165, 1.54) is 6.07 Å². The smallest absolute Gasteiger partial charge is 0.348 e. The topological polar surface area (TPSA) is 61.7 Å². The summed E-state index contributed by atoms with van der Waals surface area (Å²) in [5, 5.41) is 12.6. The standard InChI is InChI=1S/C8H6Cl2N2O2/c9-5-1-2-7(6(10)3-5)12-11-4-8(13)14/h1-4,12H,(H,13,14). The van der Waals surface area contributed by atoms with Crippen molar-refractivity contribution < 1.29 is 9.90 Å². The Kier molecular flexibility index (Phi) is 3.73. The number of aliphatic carboxylic acids is 1. The lowest BCUT2D eigenvalue weighted by molar-refractivity contribution is -0.128. The summed E-state index contributed by atoms with van der Waals surface area (Å²) in [5.74, 6) is -1.14. The van der Waals surface area contributed by atoms with Gasteiger partial charge in [-0.1, -0.05) is 23.2 Å². The monoisotopic (exact) mass is 232 g/mol. The molecule has 1 aromatic carbocycles. The Labute approximate surface area is 90.1 Å². The number of carboxylic acid groups (broad SMARTS) is 1.